The molecule has 0 aromatic rings. The Morgan fingerprint density at radius 3 is 2.43 bits per heavy atom. The van der Waals surface area contributed by atoms with Gasteiger partial charge in [-0.1, -0.05) is 5.22 Å². The molecule has 0 aliphatic heterocycles. The summed E-state index contributed by atoms with van der Waals surface area (Å²) in [4.78, 5) is 3.47. The number of hydrogen-bond acceptors (Lipinski definition) is 3. The topological polar surface area (TPSA) is 63.1 Å². The van der Waals surface area contributed by atoms with Gasteiger partial charge in [-0.25, -0.2) is 0 Å². The van der Waals surface area contributed by atoms with Crippen LogP contribution in [0.15, 0.2) is 15.3 Å². The third-order valence-corrected chi connectivity index (χ3v) is 0.599. The van der Waals surface area contributed by atoms with E-state index in [1.54, 1.807) is 0 Å². The standard InChI is InChI=1S/C2H6N4S/c1-4-2(7)5-6-3/h1H3,(H3,3,4,5,7)/p-1. The van der Waals surface area contributed by atoms with E-state index >= 15 is 0 Å². The fourth-order valence-electron chi connectivity index (χ4n) is 0.0941. The largest absolute Gasteiger partial charge is 0.739 e. The van der Waals surface area contributed by atoms with E-state index in [2.05, 4.69) is 33.8 Å². The molecule has 2 N–H and O–H groups in total. The fraction of sp³-hybridized carbons (Fsp3) is 0.500. The summed E-state index contributed by atoms with van der Waals surface area (Å²) in [6.45, 7) is 0. The maximum Gasteiger partial charge on any atom is 0.0277 e. The van der Waals surface area contributed by atoms with Gasteiger partial charge in [0.15, 0.2) is 0 Å². The zero-order chi connectivity index (χ0) is 5.70. The first-order valence-corrected chi connectivity index (χ1v) is 1.96. The molecule has 7 heavy (non-hydrogen) atoms. The third-order valence-electron chi connectivity index (χ3n) is 0.335. The van der Waals surface area contributed by atoms with Crippen LogP contribution in [0.1, 0.15) is 0 Å². The molecule has 4 nitrogen and oxygen atoms in total. The smallest absolute Gasteiger partial charge is 0.0277 e. The molecule has 0 rings (SSSR count). The van der Waals surface area contributed by atoms with Gasteiger partial charge in [-0.05, 0) is 0 Å². The van der Waals surface area contributed by atoms with E-state index in [4.69, 9.17) is 0 Å². The lowest BCUT2D eigenvalue weighted by Crippen LogP contribution is -1.86. The van der Waals surface area contributed by atoms with Crippen LogP contribution < -0.4 is 5.84 Å². The summed E-state index contributed by atoms with van der Waals surface area (Å²) in [6, 6.07) is 0. The highest BCUT2D eigenvalue weighted by Gasteiger charge is 1.61. The van der Waals surface area contributed by atoms with Crippen LogP contribution in [-0.2, 0) is 12.6 Å². The molecule has 0 spiro atoms. The van der Waals surface area contributed by atoms with Gasteiger partial charge < -0.3 is 18.5 Å². The van der Waals surface area contributed by atoms with Gasteiger partial charge in [0.25, 0.3) is 0 Å². The lowest BCUT2D eigenvalue weighted by Gasteiger charge is -1.95. The van der Waals surface area contributed by atoms with Crippen LogP contribution in [-0.4, -0.2) is 12.2 Å². The molecule has 0 aliphatic rings. The van der Waals surface area contributed by atoms with Crippen molar-refractivity contribution in [3.05, 3.63) is 0 Å². The first kappa shape index (κ1) is 6.29. The van der Waals surface area contributed by atoms with E-state index in [1.165, 1.54) is 7.05 Å². The van der Waals surface area contributed by atoms with Gasteiger partial charge in [0.05, 0.1) is 0 Å². The van der Waals surface area contributed by atoms with E-state index in [1.807, 2.05) is 0 Å². The number of nitrogens with two attached hydrogens (primary N) is 1. The van der Waals surface area contributed by atoms with Crippen molar-refractivity contribution in [1.82, 2.24) is 0 Å². The molecule has 0 unspecified atom stereocenters. The van der Waals surface area contributed by atoms with Gasteiger partial charge in [-0.3, -0.25) is 4.99 Å². The van der Waals surface area contributed by atoms with Gasteiger partial charge in [0.1, 0.15) is 0 Å². The molecule has 0 aromatic carbocycles. The molecule has 0 amide bonds. The highest BCUT2D eigenvalue weighted by atomic mass is 32.1. The molecular formula is C2H5N4S-. The minimum Gasteiger partial charge on any atom is -0.739 e. The lowest BCUT2D eigenvalue weighted by molar-refractivity contribution is 1.09. The second-order valence-corrected chi connectivity index (χ2v) is 1.09. The lowest BCUT2D eigenvalue weighted by atomic mass is 11.2. The number of aliphatic imine (C=N–C) groups is 1. The third kappa shape index (κ3) is 3.11. The summed E-state index contributed by atoms with van der Waals surface area (Å²) in [5.74, 6) is 4.62. The van der Waals surface area contributed by atoms with Crippen molar-refractivity contribution in [3.63, 3.8) is 0 Å². The zero-order valence-electron chi connectivity index (χ0n) is 3.83. The molecule has 0 fully saturated rings. The molecule has 40 valence electrons. The van der Waals surface area contributed by atoms with Crippen LogP contribution in [0.2, 0.25) is 0 Å². The molecule has 0 aliphatic carbocycles. The van der Waals surface area contributed by atoms with Crippen LogP contribution in [0.4, 0.5) is 0 Å². The van der Waals surface area contributed by atoms with Crippen molar-refractivity contribution in [1.29, 1.82) is 0 Å². The van der Waals surface area contributed by atoms with E-state index in [0.29, 0.717) is 0 Å². The quantitative estimate of drug-likeness (QED) is 0.120. The molecule has 0 atom stereocenters. The summed E-state index contributed by atoms with van der Waals surface area (Å²) in [7, 11) is 1.52. The van der Waals surface area contributed by atoms with Crippen molar-refractivity contribution in [2.45, 2.75) is 0 Å². The Morgan fingerprint density at radius 2 is 2.29 bits per heavy atom. The van der Waals surface area contributed by atoms with Gasteiger partial charge in [0.2, 0.25) is 0 Å². The molecule has 0 aromatic heterocycles. The summed E-state index contributed by atoms with van der Waals surface area (Å²) in [5, 5.41) is 6.28. The predicted molar refractivity (Wildman–Crippen MR) is 29.8 cm³/mol. The SMILES string of the molecule is CN=C([S-])/N=N/N. The van der Waals surface area contributed by atoms with Gasteiger partial charge in [-0.2, -0.15) is 0 Å². The second kappa shape index (κ2) is 3.48. The highest BCUT2D eigenvalue weighted by Crippen LogP contribution is 1.72. The van der Waals surface area contributed by atoms with Crippen molar-refractivity contribution >= 4 is 17.8 Å². The molecule has 0 saturated heterocycles. The Labute approximate surface area is 46.9 Å². The zero-order valence-corrected chi connectivity index (χ0v) is 4.64. The number of rotatable bonds is 0. The maximum atomic E-state index is 4.62. The first-order chi connectivity index (χ1) is 3.31. The van der Waals surface area contributed by atoms with Crippen molar-refractivity contribution in [3.8, 4) is 0 Å². The number of nitrogens with zero attached hydrogens (tertiary/aromatic N) is 3. The molecule has 0 heterocycles. The van der Waals surface area contributed by atoms with Crippen molar-refractivity contribution in [2.24, 2.45) is 21.2 Å². The minimum atomic E-state index is 0.169. The van der Waals surface area contributed by atoms with Gasteiger partial charge in [0, 0.05) is 12.2 Å². The minimum absolute atomic E-state index is 0.169. The van der Waals surface area contributed by atoms with Crippen LogP contribution in [0, 0.1) is 0 Å². The van der Waals surface area contributed by atoms with E-state index in [9.17, 15) is 0 Å². The molecular weight excluding hydrogens is 112 g/mol. The fourth-order valence-corrected chi connectivity index (χ4v) is 0.141. The van der Waals surface area contributed by atoms with E-state index in [0.717, 1.165) is 0 Å². The van der Waals surface area contributed by atoms with Crippen molar-refractivity contribution in [2.75, 3.05) is 7.05 Å². The highest BCUT2D eigenvalue weighted by molar-refractivity contribution is 7.77. The number of hydrogen-bond donors (Lipinski definition) is 1. The van der Waals surface area contributed by atoms with E-state index in [-0.39, 0.29) is 5.17 Å². The van der Waals surface area contributed by atoms with Crippen molar-refractivity contribution < 1.29 is 0 Å². The molecule has 0 bridgehead atoms. The van der Waals surface area contributed by atoms with Gasteiger partial charge in [-0.15, -0.1) is 5.11 Å². The molecule has 0 saturated carbocycles. The number of amidine groups is 1. The normalized spacial score (nSPS) is 13.0. The Hall–Kier alpha value is -0.710. The first-order valence-electron chi connectivity index (χ1n) is 1.56. The average Bonchev–Trinajstić information content (AvgIpc) is 1.68. The summed E-state index contributed by atoms with van der Waals surface area (Å²) < 4.78 is 0. The molecule has 5 heteroatoms. The van der Waals surface area contributed by atoms with Crippen LogP contribution in [0.3, 0.4) is 0 Å². The Kier molecular flexibility index (Phi) is 3.13. The maximum absolute atomic E-state index is 4.62. The van der Waals surface area contributed by atoms with Crippen LogP contribution >= 0.6 is 0 Å². The Morgan fingerprint density at radius 1 is 1.71 bits per heavy atom. The summed E-state index contributed by atoms with van der Waals surface area (Å²) >= 11 is 4.45. The summed E-state index contributed by atoms with van der Waals surface area (Å²) in [6.07, 6.45) is 0. The second-order valence-electron chi connectivity index (χ2n) is 0.722. The average molecular weight is 117 g/mol. The predicted octanol–water partition coefficient (Wildman–Crippen LogP) is -0.155. The van der Waals surface area contributed by atoms with Crippen LogP contribution in [0.5, 0.6) is 0 Å². The monoisotopic (exact) mass is 117 g/mol. The Bertz CT molecular complexity index is 95.9. The summed E-state index contributed by atoms with van der Waals surface area (Å²) in [5.41, 5.74) is 0. The van der Waals surface area contributed by atoms with E-state index < -0.39 is 0 Å². The Balaban J connectivity index is 3.58. The van der Waals surface area contributed by atoms with Crippen LogP contribution in [0.25, 0.3) is 0 Å². The van der Waals surface area contributed by atoms with Gasteiger partial charge >= 0.3 is 0 Å². The molecule has 0 radical (unpaired) electrons.